The molecule has 0 radical (unpaired) electrons. The van der Waals surface area contributed by atoms with Gasteiger partial charge in [-0.2, -0.15) is 0 Å². The van der Waals surface area contributed by atoms with Gasteiger partial charge in [-0.25, -0.2) is 0 Å². The van der Waals surface area contributed by atoms with E-state index in [0.29, 0.717) is 6.61 Å². The molecule has 0 fully saturated rings. The van der Waals surface area contributed by atoms with Crippen molar-refractivity contribution in [3.05, 3.63) is 12.2 Å². The Morgan fingerprint density at radius 1 is 1.31 bits per heavy atom. The minimum atomic E-state index is -0.180. The number of allylic oxidation sites excluding steroid dienone is 2. The Morgan fingerprint density at radius 2 is 2.00 bits per heavy atom. The highest BCUT2D eigenvalue weighted by Crippen LogP contribution is 1.99. The first-order chi connectivity index (χ1) is 6.27. The monoisotopic (exact) mass is 296 g/mol. The Labute approximate surface area is 93.9 Å². The highest BCUT2D eigenvalue weighted by atomic mass is 127. The Morgan fingerprint density at radius 3 is 2.62 bits per heavy atom. The second-order valence-corrected chi connectivity index (χ2v) is 3.86. The molecule has 0 rings (SSSR count). The number of carbonyl (C=O) groups excluding carboxylic acids is 1. The molecule has 0 aromatic carbocycles. The normalized spacial score (nSPS) is 10.6. The molecule has 3 heteroatoms. The fourth-order valence-electron chi connectivity index (χ4n) is 0.879. The van der Waals surface area contributed by atoms with Crippen LogP contribution in [0.5, 0.6) is 0 Å². The van der Waals surface area contributed by atoms with E-state index >= 15 is 0 Å². The van der Waals surface area contributed by atoms with E-state index < -0.39 is 0 Å². The summed E-state index contributed by atoms with van der Waals surface area (Å²) in [6.45, 7) is 2.01. The molecule has 0 N–H and O–H groups in total. The van der Waals surface area contributed by atoms with E-state index in [1.54, 1.807) is 0 Å². The number of unbranched alkanes of at least 4 members (excludes halogenated alkanes) is 2. The van der Waals surface area contributed by atoms with Crippen LogP contribution in [-0.4, -0.2) is 17.0 Å². The van der Waals surface area contributed by atoms with Crippen LogP contribution in [0.1, 0.15) is 32.6 Å². The Hall–Kier alpha value is -0.0600. The number of ether oxygens (including phenoxy) is 1. The zero-order chi connectivity index (χ0) is 9.94. The first-order valence-corrected chi connectivity index (χ1v) is 6.14. The van der Waals surface area contributed by atoms with Crippen molar-refractivity contribution in [1.29, 1.82) is 0 Å². The molecule has 0 saturated carbocycles. The molecule has 2 nitrogen and oxygen atoms in total. The summed E-state index contributed by atoms with van der Waals surface area (Å²) in [7, 11) is 0. The summed E-state index contributed by atoms with van der Waals surface area (Å²) in [5.41, 5.74) is 0. The van der Waals surface area contributed by atoms with Gasteiger partial charge in [0.25, 0.3) is 0 Å². The summed E-state index contributed by atoms with van der Waals surface area (Å²) in [6.07, 6.45) is 8.73. The van der Waals surface area contributed by atoms with Gasteiger partial charge in [-0.15, -0.1) is 0 Å². The fourth-order valence-corrected chi connectivity index (χ4v) is 1.24. The molecular weight excluding hydrogens is 279 g/mol. The lowest BCUT2D eigenvalue weighted by atomic mass is 10.2. The lowest BCUT2D eigenvalue weighted by molar-refractivity contribution is -0.141. The number of alkyl halides is 1. The summed E-state index contributed by atoms with van der Waals surface area (Å²) >= 11 is 2.36. The summed E-state index contributed by atoms with van der Waals surface area (Å²) in [5, 5.41) is 0. The molecule has 0 heterocycles. The van der Waals surface area contributed by atoms with E-state index in [9.17, 15) is 4.79 Å². The van der Waals surface area contributed by atoms with Crippen molar-refractivity contribution in [2.45, 2.75) is 32.6 Å². The molecule has 0 aliphatic carbocycles. The maximum atomic E-state index is 10.4. The Balaban J connectivity index is 3.03. The zero-order valence-corrected chi connectivity index (χ0v) is 10.2. The molecule has 0 saturated heterocycles. The third-order valence-electron chi connectivity index (χ3n) is 1.51. The van der Waals surface area contributed by atoms with Crippen LogP contribution in [-0.2, 0) is 9.53 Å². The smallest absolute Gasteiger partial charge is 0.302 e. The minimum absolute atomic E-state index is 0.180. The molecule has 0 spiro atoms. The minimum Gasteiger partial charge on any atom is -0.466 e. The number of rotatable bonds is 7. The molecule has 0 aromatic heterocycles. The van der Waals surface area contributed by atoms with Crippen LogP contribution in [0, 0.1) is 0 Å². The third-order valence-corrected chi connectivity index (χ3v) is 2.14. The largest absolute Gasteiger partial charge is 0.466 e. The molecule has 0 amide bonds. The zero-order valence-electron chi connectivity index (χ0n) is 8.09. The highest BCUT2D eigenvalue weighted by molar-refractivity contribution is 14.1. The van der Waals surface area contributed by atoms with Crippen LogP contribution >= 0.6 is 22.6 Å². The molecule has 76 valence electrons. The molecule has 0 aromatic rings. The van der Waals surface area contributed by atoms with Gasteiger partial charge < -0.3 is 4.74 Å². The van der Waals surface area contributed by atoms with E-state index in [1.807, 2.05) is 0 Å². The number of hydrogen-bond acceptors (Lipinski definition) is 2. The van der Waals surface area contributed by atoms with Crippen molar-refractivity contribution in [3.8, 4) is 0 Å². The maximum absolute atomic E-state index is 10.4. The Bertz CT molecular complexity index is 155. The van der Waals surface area contributed by atoms with Gasteiger partial charge in [0.2, 0.25) is 0 Å². The second-order valence-electron chi connectivity index (χ2n) is 2.78. The standard InChI is InChI=1S/C10H17IO2/c1-10(12)13-9-7-5-3-2-4-6-8-11/h2,4H,3,5-9H2,1H3. The molecule has 0 unspecified atom stereocenters. The van der Waals surface area contributed by atoms with Crippen LogP contribution in [0.25, 0.3) is 0 Å². The van der Waals surface area contributed by atoms with E-state index in [2.05, 4.69) is 34.7 Å². The van der Waals surface area contributed by atoms with Crippen molar-refractivity contribution in [1.82, 2.24) is 0 Å². The average Bonchev–Trinajstić information content (AvgIpc) is 2.09. The van der Waals surface area contributed by atoms with Gasteiger partial charge in [0.1, 0.15) is 0 Å². The van der Waals surface area contributed by atoms with Crippen molar-refractivity contribution < 1.29 is 9.53 Å². The van der Waals surface area contributed by atoms with Gasteiger partial charge >= 0.3 is 5.97 Å². The van der Waals surface area contributed by atoms with Crippen LogP contribution in [0.4, 0.5) is 0 Å². The van der Waals surface area contributed by atoms with Gasteiger partial charge in [0.15, 0.2) is 0 Å². The average molecular weight is 296 g/mol. The van der Waals surface area contributed by atoms with Gasteiger partial charge in [-0.1, -0.05) is 34.7 Å². The molecule has 13 heavy (non-hydrogen) atoms. The van der Waals surface area contributed by atoms with Gasteiger partial charge in [-0.3, -0.25) is 4.79 Å². The summed E-state index contributed by atoms with van der Waals surface area (Å²) in [6, 6.07) is 0. The highest BCUT2D eigenvalue weighted by Gasteiger charge is 1.91. The van der Waals surface area contributed by atoms with E-state index in [1.165, 1.54) is 11.4 Å². The van der Waals surface area contributed by atoms with Crippen molar-refractivity contribution >= 4 is 28.6 Å². The SMILES string of the molecule is CC(=O)OCCCCC=CCCI. The van der Waals surface area contributed by atoms with E-state index in [-0.39, 0.29) is 5.97 Å². The van der Waals surface area contributed by atoms with Crippen molar-refractivity contribution in [2.24, 2.45) is 0 Å². The van der Waals surface area contributed by atoms with Crippen LogP contribution in [0.2, 0.25) is 0 Å². The van der Waals surface area contributed by atoms with E-state index in [4.69, 9.17) is 4.74 Å². The quantitative estimate of drug-likeness (QED) is 0.237. The molecule has 0 aliphatic heterocycles. The first-order valence-electron chi connectivity index (χ1n) is 4.61. The summed E-state index contributed by atoms with van der Waals surface area (Å²) < 4.78 is 5.99. The fraction of sp³-hybridized carbons (Fsp3) is 0.700. The van der Waals surface area contributed by atoms with E-state index in [0.717, 1.165) is 25.7 Å². The number of hydrogen-bond donors (Lipinski definition) is 0. The molecule has 0 aliphatic rings. The summed E-state index contributed by atoms with van der Waals surface area (Å²) in [5.74, 6) is -0.180. The molecule has 0 bridgehead atoms. The van der Waals surface area contributed by atoms with Gasteiger partial charge in [0.05, 0.1) is 6.61 Å². The van der Waals surface area contributed by atoms with Gasteiger partial charge in [0, 0.05) is 11.4 Å². The lowest BCUT2D eigenvalue weighted by Crippen LogP contribution is -1.99. The van der Waals surface area contributed by atoms with Crippen LogP contribution in [0.15, 0.2) is 12.2 Å². The number of esters is 1. The topological polar surface area (TPSA) is 26.3 Å². The third kappa shape index (κ3) is 11.9. The van der Waals surface area contributed by atoms with Crippen LogP contribution < -0.4 is 0 Å². The second kappa shape index (κ2) is 10.0. The lowest BCUT2D eigenvalue weighted by Gasteiger charge is -1.99. The number of halogens is 1. The predicted molar refractivity (Wildman–Crippen MR) is 63.1 cm³/mol. The van der Waals surface area contributed by atoms with Crippen molar-refractivity contribution in [2.75, 3.05) is 11.0 Å². The summed E-state index contributed by atoms with van der Waals surface area (Å²) in [4.78, 5) is 10.4. The maximum Gasteiger partial charge on any atom is 0.302 e. The van der Waals surface area contributed by atoms with Crippen molar-refractivity contribution in [3.63, 3.8) is 0 Å². The molecule has 0 atom stereocenters. The number of carbonyl (C=O) groups is 1. The first kappa shape index (κ1) is 12.9. The predicted octanol–water partition coefficient (Wildman–Crippen LogP) is 3.10. The Kier molecular flexibility index (Phi) is 9.98. The van der Waals surface area contributed by atoms with Gasteiger partial charge in [-0.05, 0) is 25.7 Å². The molecular formula is C10H17IO2. The van der Waals surface area contributed by atoms with Crippen LogP contribution in [0.3, 0.4) is 0 Å².